The third-order valence-electron chi connectivity index (χ3n) is 4.21. The van der Waals surface area contributed by atoms with Gasteiger partial charge in [0.05, 0.1) is 0 Å². The number of anilines is 1. The Balaban J connectivity index is 1.66. The van der Waals surface area contributed by atoms with Crippen LogP contribution in [0.5, 0.6) is 0 Å². The smallest absolute Gasteiger partial charge is 0.228 e. The van der Waals surface area contributed by atoms with E-state index < -0.39 is 0 Å². The minimum absolute atomic E-state index is 0.0444. The number of ether oxygens (including phenoxy) is 1. The molecule has 0 spiro atoms. The first-order valence-corrected chi connectivity index (χ1v) is 8.14. The molecule has 6 heteroatoms. The minimum Gasteiger partial charge on any atom is -0.381 e. The molecule has 0 radical (unpaired) electrons. The highest BCUT2D eigenvalue weighted by Gasteiger charge is 2.34. The van der Waals surface area contributed by atoms with Gasteiger partial charge in [0.25, 0.3) is 0 Å². The number of nitrogens with zero attached hydrogens (tertiary/aromatic N) is 2. The van der Waals surface area contributed by atoms with E-state index in [9.17, 15) is 0 Å². The zero-order valence-corrected chi connectivity index (χ0v) is 13.7. The van der Waals surface area contributed by atoms with E-state index in [4.69, 9.17) is 17.0 Å². The summed E-state index contributed by atoms with van der Waals surface area (Å²) >= 11 is 5.37. The van der Waals surface area contributed by atoms with Gasteiger partial charge >= 0.3 is 0 Å². The third-order valence-corrected chi connectivity index (χ3v) is 4.46. The van der Waals surface area contributed by atoms with Crippen molar-refractivity contribution >= 4 is 23.3 Å². The molecule has 0 amide bonds. The molecular weight excluding hydrogens is 308 g/mol. The Morgan fingerprint density at radius 1 is 1.09 bits per heavy atom. The molecule has 3 rings (SSSR count). The van der Waals surface area contributed by atoms with Crippen LogP contribution in [-0.2, 0) is 10.2 Å². The van der Waals surface area contributed by atoms with Gasteiger partial charge in [-0.2, -0.15) is 0 Å². The van der Waals surface area contributed by atoms with Crippen LogP contribution in [0.3, 0.4) is 0 Å². The highest BCUT2D eigenvalue weighted by Crippen LogP contribution is 2.34. The van der Waals surface area contributed by atoms with Crippen molar-refractivity contribution in [2.24, 2.45) is 0 Å². The summed E-state index contributed by atoms with van der Waals surface area (Å²) in [5.74, 6) is 0.505. The number of hydrogen-bond donors (Lipinski definition) is 2. The predicted molar refractivity (Wildman–Crippen MR) is 94.4 cm³/mol. The van der Waals surface area contributed by atoms with E-state index >= 15 is 0 Å². The van der Waals surface area contributed by atoms with Crippen LogP contribution < -0.4 is 10.6 Å². The summed E-state index contributed by atoms with van der Waals surface area (Å²) in [7, 11) is 0. The lowest BCUT2D eigenvalue weighted by molar-refractivity contribution is 0.0515. The summed E-state index contributed by atoms with van der Waals surface area (Å²) in [6, 6.07) is 12.4. The molecule has 1 aromatic carbocycles. The predicted octanol–water partition coefficient (Wildman–Crippen LogP) is 2.51. The molecule has 0 atom stereocenters. The fourth-order valence-corrected chi connectivity index (χ4v) is 3.04. The lowest BCUT2D eigenvalue weighted by Crippen LogP contribution is -2.45. The van der Waals surface area contributed by atoms with E-state index in [1.165, 1.54) is 5.56 Å². The van der Waals surface area contributed by atoms with Gasteiger partial charge in [0.1, 0.15) is 0 Å². The van der Waals surface area contributed by atoms with Crippen LogP contribution in [-0.4, -0.2) is 34.8 Å². The topological polar surface area (TPSA) is 59.1 Å². The van der Waals surface area contributed by atoms with Crippen LogP contribution in [0.2, 0.25) is 0 Å². The van der Waals surface area contributed by atoms with Crippen molar-refractivity contribution in [1.29, 1.82) is 0 Å². The van der Waals surface area contributed by atoms with Crippen molar-refractivity contribution in [2.75, 3.05) is 25.1 Å². The van der Waals surface area contributed by atoms with Crippen molar-refractivity contribution < 1.29 is 4.74 Å². The van der Waals surface area contributed by atoms with Crippen molar-refractivity contribution in [1.82, 2.24) is 15.3 Å². The summed E-state index contributed by atoms with van der Waals surface area (Å²) in [6.45, 7) is 2.32. The van der Waals surface area contributed by atoms with Gasteiger partial charge in [0.15, 0.2) is 5.11 Å². The summed E-state index contributed by atoms with van der Waals surface area (Å²) in [4.78, 5) is 8.24. The second-order valence-electron chi connectivity index (χ2n) is 5.64. The van der Waals surface area contributed by atoms with Gasteiger partial charge in [-0.25, -0.2) is 9.97 Å². The number of benzene rings is 1. The van der Waals surface area contributed by atoms with Crippen molar-refractivity contribution in [3.63, 3.8) is 0 Å². The molecule has 2 N–H and O–H groups in total. The normalized spacial score (nSPS) is 16.5. The fourth-order valence-electron chi connectivity index (χ4n) is 2.88. The second-order valence-corrected chi connectivity index (χ2v) is 6.05. The van der Waals surface area contributed by atoms with E-state index in [-0.39, 0.29) is 5.41 Å². The van der Waals surface area contributed by atoms with Crippen LogP contribution in [0.4, 0.5) is 5.95 Å². The Morgan fingerprint density at radius 2 is 1.78 bits per heavy atom. The molecule has 1 aromatic heterocycles. The Labute approximate surface area is 141 Å². The van der Waals surface area contributed by atoms with Crippen LogP contribution in [0, 0.1) is 0 Å². The average molecular weight is 328 g/mol. The highest BCUT2D eigenvalue weighted by atomic mass is 32.1. The number of nitrogens with one attached hydrogen (secondary N) is 2. The van der Waals surface area contributed by atoms with Crippen molar-refractivity contribution in [3.05, 3.63) is 54.4 Å². The maximum absolute atomic E-state index is 5.55. The summed E-state index contributed by atoms with van der Waals surface area (Å²) in [6.07, 6.45) is 5.33. The number of thiocarbonyl (C=S) groups is 1. The number of hydrogen-bond acceptors (Lipinski definition) is 4. The first kappa shape index (κ1) is 15.8. The highest BCUT2D eigenvalue weighted by molar-refractivity contribution is 7.80. The largest absolute Gasteiger partial charge is 0.381 e. The molecule has 1 aliphatic rings. The molecule has 0 saturated carbocycles. The van der Waals surface area contributed by atoms with Crippen LogP contribution in [0.25, 0.3) is 0 Å². The van der Waals surface area contributed by atoms with Crippen molar-refractivity contribution in [3.8, 4) is 0 Å². The maximum atomic E-state index is 5.55. The monoisotopic (exact) mass is 328 g/mol. The quantitative estimate of drug-likeness (QED) is 0.841. The molecule has 23 heavy (non-hydrogen) atoms. The Bertz CT molecular complexity index is 630. The Hall–Kier alpha value is -2.05. The van der Waals surface area contributed by atoms with Gasteiger partial charge in [-0.05, 0) is 36.7 Å². The standard InChI is InChI=1S/C17H20N4OS/c23-16(21-15-18-9-4-10-19-15)20-13-17(7-11-22-12-8-17)14-5-2-1-3-6-14/h1-6,9-10H,7-8,11-13H2,(H2,18,19,20,21,23). The molecule has 5 nitrogen and oxygen atoms in total. The Morgan fingerprint density at radius 3 is 2.48 bits per heavy atom. The number of aromatic nitrogens is 2. The van der Waals surface area contributed by atoms with Gasteiger partial charge < -0.3 is 15.4 Å². The molecule has 0 unspecified atom stereocenters. The van der Waals surface area contributed by atoms with E-state index in [2.05, 4.69) is 44.9 Å². The maximum Gasteiger partial charge on any atom is 0.228 e. The molecule has 2 heterocycles. The molecule has 1 fully saturated rings. The van der Waals surface area contributed by atoms with Crippen LogP contribution in [0.15, 0.2) is 48.8 Å². The van der Waals surface area contributed by atoms with Gasteiger partial charge in [-0.15, -0.1) is 0 Å². The lowest BCUT2D eigenvalue weighted by atomic mass is 9.74. The molecule has 120 valence electrons. The molecule has 0 aliphatic carbocycles. The molecule has 0 bridgehead atoms. The second kappa shape index (κ2) is 7.48. The molecule has 2 aromatic rings. The SMILES string of the molecule is S=C(NCC1(c2ccccc2)CCOCC1)Nc1ncccn1. The minimum atomic E-state index is 0.0444. The van der Waals surface area contributed by atoms with E-state index in [0.717, 1.165) is 32.6 Å². The number of rotatable bonds is 4. The van der Waals surface area contributed by atoms with Crippen LogP contribution in [0.1, 0.15) is 18.4 Å². The van der Waals surface area contributed by atoms with Gasteiger partial charge in [-0.1, -0.05) is 30.3 Å². The average Bonchev–Trinajstić information content (AvgIpc) is 2.62. The van der Waals surface area contributed by atoms with E-state index in [1.54, 1.807) is 18.5 Å². The zero-order valence-electron chi connectivity index (χ0n) is 12.9. The van der Waals surface area contributed by atoms with E-state index in [1.807, 2.05) is 6.07 Å². The van der Waals surface area contributed by atoms with Gasteiger partial charge in [-0.3, -0.25) is 0 Å². The first-order valence-electron chi connectivity index (χ1n) is 7.74. The van der Waals surface area contributed by atoms with E-state index in [0.29, 0.717) is 11.1 Å². The van der Waals surface area contributed by atoms with Gasteiger partial charge in [0, 0.05) is 37.6 Å². The summed E-state index contributed by atoms with van der Waals surface area (Å²) in [5.41, 5.74) is 1.37. The lowest BCUT2D eigenvalue weighted by Gasteiger charge is -2.38. The zero-order chi connectivity index (χ0) is 16.0. The summed E-state index contributed by atoms with van der Waals surface area (Å²) < 4.78 is 5.55. The van der Waals surface area contributed by atoms with Crippen LogP contribution >= 0.6 is 12.2 Å². The first-order chi connectivity index (χ1) is 11.3. The Kier molecular flexibility index (Phi) is 5.15. The molecular formula is C17H20N4OS. The van der Waals surface area contributed by atoms with Crippen molar-refractivity contribution in [2.45, 2.75) is 18.3 Å². The third kappa shape index (κ3) is 4.03. The molecule has 1 saturated heterocycles. The summed E-state index contributed by atoms with van der Waals surface area (Å²) in [5, 5.41) is 6.88. The molecule has 1 aliphatic heterocycles. The fraction of sp³-hybridized carbons (Fsp3) is 0.353. The van der Waals surface area contributed by atoms with Gasteiger partial charge in [0.2, 0.25) is 5.95 Å².